The summed E-state index contributed by atoms with van der Waals surface area (Å²) in [5.74, 6) is 0.704. The predicted octanol–water partition coefficient (Wildman–Crippen LogP) is 1.94. The van der Waals surface area contributed by atoms with Gasteiger partial charge >= 0.3 is 6.03 Å². The van der Waals surface area contributed by atoms with Crippen molar-refractivity contribution in [2.24, 2.45) is 5.73 Å². The third-order valence-electron chi connectivity index (χ3n) is 2.20. The fraction of sp³-hybridized carbons (Fsp3) is 0.0833. The number of nitrogens with one attached hydrogen (secondary N) is 1. The Kier molecular flexibility index (Phi) is 3.00. The molecule has 3 N–H and O–H groups in total. The summed E-state index contributed by atoms with van der Waals surface area (Å²) in [6.07, 6.45) is 1.70. The quantitative estimate of drug-likeness (QED) is 0.824. The van der Waals surface area contributed by atoms with Crippen LogP contribution in [0.15, 0.2) is 36.5 Å². The molecule has 1 heterocycles. The number of carbonyl (C=O) groups is 1. The van der Waals surface area contributed by atoms with Gasteiger partial charge in [-0.3, -0.25) is 0 Å². The van der Waals surface area contributed by atoms with E-state index < -0.39 is 6.03 Å². The molecule has 0 fully saturated rings. The summed E-state index contributed by atoms with van der Waals surface area (Å²) in [4.78, 5) is 19.1. The van der Waals surface area contributed by atoms with Crippen LogP contribution in [-0.2, 0) is 0 Å². The third kappa shape index (κ3) is 2.78. The summed E-state index contributed by atoms with van der Waals surface area (Å²) in [6, 6.07) is 8.55. The lowest BCUT2D eigenvalue weighted by molar-refractivity contribution is 0.259. The van der Waals surface area contributed by atoms with E-state index in [9.17, 15) is 4.79 Å². The summed E-state index contributed by atoms with van der Waals surface area (Å²) in [5.41, 5.74) is 7.42. The van der Waals surface area contributed by atoms with Gasteiger partial charge in [-0.1, -0.05) is 12.1 Å². The monoisotopic (exact) mass is 228 g/mol. The van der Waals surface area contributed by atoms with Gasteiger partial charge in [-0.25, -0.2) is 14.8 Å². The van der Waals surface area contributed by atoms with Gasteiger partial charge in [-0.05, 0) is 25.1 Å². The van der Waals surface area contributed by atoms with E-state index >= 15 is 0 Å². The van der Waals surface area contributed by atoms with E-state index in [0.717, 1.165) is 11.3 Å². The van der Waals surface area contributed by atoms with Crippen molar-refractivity contribution in [1.82, 2.24) is 9.97 Å². The van der Waals surface area contributed by atoms with E-state index in [-0.39, 0.29) is 0 Å². The molecule has 86 valence electrons. The number of amides is 2. The average molecular weight is 228 g/mol. The van der Waals surface area contributed by atoms with Crippen LogP contribution in [-0.4, -0.2) is 16.0 Å². The maximum atomic E-state index is 10.8. The minimum absolute atomic E-state index is 0.582. The van der Waals surface area contributed by atoms with E-state index in [4.69, 9.17) is 5.73 Å². The number of urea groups is 1. The normalized spacial score (nSPS) is 9.94. The summed E-state index contributed by atoms with van der Waals surface area (Å²) in [7, 11) is 0. The van der Waals surface area contributed by atoms with Crippen molar-refractivity contribution in [3.63, 3.8) is 0 Å². The second kappa shape index (κ2) is 4.61. The highest BCUT2D eigenvalue weighted by Crippen LogP contribution is 2.20. The topological polar surface area (TPSA) is 80.9 Å². The number of hydrogen-bond acceptors (Lipinski definition) is 3. The molecule has 5 heteroatoms. The zero-order chi connectivity index (χ0) is 12.3. The number of nitrogens with two attached hydrogens (primary N) is 1. The SMILES string of the molecule is Cc1nccc(-c2cccc(NC(N)=O)c2)n1. The molecule has 1 aromatic heterocycles. The van der Waals surface area contributed by atoms with E-state index in [1.165, 1.54) is 0 Å². The molecular weight excluding hydrogens is 216 g/mol. The highest BCUT2D eigenvalue weighted by atomic mass is 16.2. The van der Waals surface area contributed by atoms with Crippen molar-refractivity contribution in [1.29, 1.82) is 0 Å². The van der Waals surface area contributed by atoms with Gasteiger partial charge in [-0.15, -0.1) is 0 Å². The maximum absolute atomic E-state index is 10.8. The van der Waals surface area contributed by atoms with E-state index in [1.807, 2.05) is 31.2 Å². The van der Waals surface area contributed by atoms with Crippen molar-refractivity contribution < 1.29 is 4.79 Å². The van der Waals surface area contributed by atoms with Crippen LogP contribution in [0.3, 0.4) is 0 Å². The molecule has 0 saturated carbocycles. The number of aromatic nitrogens is 2. The predicted molar refractivity (Wildman–Crippen MR) is 65.4 cm³/mol. The van der Waals surface area contributed by atoms with Crippen LogP contribution in [0.1, 0.15) is 5.82 Å². The molecule has 0 aliphatic carbocycles. The number of primary amides is 1. The van der Waals surface area contributed by atoms with Crippen LogP contribution in [0.25, 0.3) is 11.3 Å². The smallest absolute Gasteiger partial charge is 0.316 e. The minimum atomic E-state index is -0.582. The van der Waals surface area contributed by atoms with Gasteiger partial charge < -0.3 is 11.1 Å². The first-order chi connectivity index (χ1) is 8.15. The first-order valence-electron chi connectivity index (χ1n) is 5.12. The number of rotatable bonds is 2. The number of nitrogens with zero attached hydrogens (tertiary/aromatic N) is 2. The van der Waals surface area contributed by atoms with Crippen molar-refractivity contribution >= 4 is 11.7 Å². The van der Waals surface area contributed by atoms with E-state index in [2.05, 4.69) is 15.3 Å². The zero-order valence-corrected chi connectivity index (χ0v) is 9.34. The molecule has 1 aromatic carbocycles. The van der Waals surface area contributed by atoms with Crippen LogP contribution in [0, 0.1) is 6.92 Å². The molecule has 0 radical (unpaired) electrons. The Morgan fingerprint density at radius 1 is 1.35 bits per heavy atom. The van der Waals surface area contributed by atoms with Crippen molar-refractivity contribution in [2.75, 3.05) is 5.32 Å². The maximum Gasteiger partial charge on any atom is 0.316 e. The summed E-state index contributed by atoms with van der Waals surface area (Å²) in [5, 5.41) is 2.52. The molecule has 2 amide bonds. The molecule has 0 saturated heterocycles. The van der Waals surface area contributed by atoms with Crippen molar-refractivity contribution in [3.8, 4) is 11.3 Å². The Balaban J connectivity index is 2.36. The van der Waals surface area contributed by atoms with Crippen LogP contribution < -0.4 is 11.1 Å². The summed E-state index contributed by atoms with van der Waals surface area (Å²) >= 11 is 0. The number of carbonyl (C=O) groups excluding carboxylic acids is 1. The first-order valence-corrected chi connectivity index (χ1v) is 5.12. The lowest BCUT2D eigenvalue weighted by Crippen LogP contribution is -2.19. The standard InChI is InChI=1S/C12H12N4O/c1-8-14-6-5-11(15-8)9-3-2-4-10(7-9)16-12(13)17/h2-7H,1H3,(H3,13,16,17). The molecule has 0 spiro atoms. The minimum Gasteiger partial charge on any atom is -0.351 e. The van der Waals surface area contributed by atoms with Gasteiger partial charge in [0, 0.05) is 17.4 Å². The van der Waals surface area contributed by atoms with Gasteiger partial charge in [-0.2, -0.15) is 0 Å². The highest BCUT2D eigenvalue weighted by Gasteiger charge is 2.02. The molecule has 2 aromatic rings. The number of anilines is 1. The first kappa shape index (κ1) is 11.1. The Hall–Kier alpha value is -2.43. The van der Waals surface area contributed by atoms with E-state index in [1.54, 1.807) is 12.3 Å². The number of aryl methyl sites for hydroxylation is 1. The van der Waals surface area contributed by atoms with Crippen molar-refractivity contribution in [2.45, 2.75) is 6.92 Å². The largest absolute Gasteiger partial charge is 0.351 e. The molecule has 2 rings (SSSR count). The molecule has 0 unspecified atom stereocenters. The lowest BCUT2D eigenvalue weighted by Gasteiger charge is -2.05. The van der Waals surface area contributed by atoms with Crippen LogP contribution in [0.4, 0.5) is 10.5 Å². The molecule has 17 heavy (non-hydrogen) atoms. The Labute approximate surface area is 98.7 Å². The number of hydrogen-bond donors (Lipinski definition) is 2. The molecule has 5 nitrogen and oxygen atoms in total. The Morgan fingerprint density at radius 2 is 2.18 bits per heavy atom. The highest BCUT2D eigenvalue weighted by molar-refractivity contribution is 5.88. The van der Waals surface area contributed by atoms with Gasteiger partial charge in [0.05, 0.1) is 5.69 Å². The second-order valence-electron chi connectivity index (χ2n) is 3.56. The summed E-state index contributed by atoms with van der Waals surface area (Å²) in [6.45, 7) is 1.83. The lowest BCUT2D eigenvalue weighted by atomic mass is 10.1. The molecule has 0 bridgehead atoms. The third-order valence-corrected chi connectivity index (χ3v) is 2.20. The Bertz CT molecular complexity index is 554. The van der Waals surface area contributed by atoms with Gasteiger partial charge in [0.15, 0.2) is 0 Å². The van der Waals surface area contributed by atoms with Crippen molar-refractivity contribution in [3.05, 3.63) is 42.4 Å². The molecule has 0 aliphatic heterocycles. The second-order valence-corrected chi connectivity index (χ2v) is 3.56. The van der Waals surface area contributed by atoms with Gasteiger partial charge in [0.25, 0.3) is 0 Å². The molecule has 0 aliphatic rings. The Morgan fingerprint density at radius 3 is 2.88 bits per heavy atom. The number of benzene rings is 1. The fourth-order valence-electron chi connectivity index (χ4n) is 1.52. The summed E-state index contributed by atoms with van der Waals surface area (Å²) < 4.78 is 0. The van der Waals surface area contributed by atoms with Gasteiger partial charge in [0.1, 0.15) is 5.82 Å². The van der Waals surface area contributed by atoms with Crippen LogP contribution in [0.2, 0.25) is 0 Å². The average Bonchev–Trinajstić information content (AvgIpc) is 2.28. The van der Waals surface area contributed by atoms with Gasteiger partial charge in [0.2, 0.25) is 0 Å². The van der Waals surface area contributed by atoms with E-state index in [0.29, 0.717) is 11.5 Å². The van der Waals surface area contributed by atoms with Crippen LogP contribution in [0.5, 0.6) is 0 Å². The molecule has 0 atom stereocenters. The molecular formula is C12H12N4O. The zero-order valence-electron chi connectivity index (χ0n) is 9.34. The fourth-order valence-corrected chi connectivity index (χ4v) is 1.52. The van der Waals surface area contributed by atoms with Crippen LogP contribution >= 0.6 is 0 Å².